The van der Waals surface area contributed by atoms with Crippen LogP contribution >= 0.6 is 11.3 Å². The van der Waals surface area contributed by atoms with Gasteiger partial charge in [-0.1, -0.05) is 13.8 Å². The molecule has 1 heterocycles. The smallest absolute Gasteiger partial charge is 0.0299 e. The third kappa shape index (κ3) is 5.10. The van der Waals surface area contributed by atoms with Crippen molar-refractivity contribution in [3.63, 3.8) is 0 Å². The molecular weight excluding hydrogens is 216 g/mol. The van der Waals surface area contributed by atoms with Crippen LogP contribution in [0, 0.1) is 5.92 Å². The zero-order valence-corrected chi connectivity index (χ0v) is 11.3. The molecule has 1 aromatic heterocycles. The van der Waals surface area contributed by atoms with Crippen molar-refractivity contribution in [2.24, 2.45) is 11.7 Å². The third-order valence-corrected chi connectivity index (χ3v) is 4.05. The number of rotatable bonds is 8. The van der Waals surface area contributed by atoms with Crippen molar-refractivity contribution in [1.82, 2.24) is 5.32 Å². The Bertz CT molecular complexity index is 283. The molecule has 1 unspecified atom stereocenters. The molecule has 0 amide bonds. The van der Waals surface area contributed by atoms with E-state index in [4.69, 9.17) is 5.73 Å². The van der Waals surface area contributed by atoms with E-state index in [0.29, 0.717) is 5.92 Å². The van der Waals surface area contributed by atoms with Crippen LogP contribution in [0.5, 0.6) is 0 Å². The van der Waals surface area contributed by atoms with Crippen molar-refractivity contribution >= 4 is 11.3 Å². The molecule has 0 aliphatic heterocycles. The molecule has 0 bridgehead atoms. The van der Waals surface area contributed by atoms with E-state index in [9.17, 15) is 0 Å². The molecule has 0 saturated heterocycles. The van der Waals surface area contributed by atoms with Crippen LogP contribution in [0.25, 0.3) is 0 Å². The Hall–Kier alpha value is -0.380. The molecule has 0 aromatic carbocycles. The summed E-state index contributed by atoms with van der Waals surface area (Å²) in [5.74, 6) is 0.662. The average molecular weight is 240 g/mol. The van der Waals surface area contributed by atoms with E-state index >= 15 is 0 Å². The van der Waals surface area contributed by atoms with Crippen LogP contribution in [0.1, 0.15) is 36.4 Å². The Balaban J connectivity index is 2.07. The fraction of sp³-hybridized carbons (Fsp3) is 0.692. The first-order valence-electron chi connectivity index (χ1n) is 6.24. The Morgan fingerprint density at radius 3 is 2.75 bits per heavy atom. The van der Waals surface area contributed by atoms with E-state index in [2.05, 4.69) is 31.3 Å². The maximum Gasteiger partial charge on any atom is 0.0299 e. The molecule has 1 atom stereocenters. The fourth-order valence-corrected chi connectivity index (χ4v) is 2.54. The SMILES string of the molecule is CCc1ccc(CNCCCC(C)CN)s1. The number of thiophene rings is 1. The Kier molecular flexibility index (Phi) is 6.69. The molecule has 0 radical (unpaired) electrons. The first kappa shape index (κ1) is 13.7. The highest BCUT2D eigenvalue weighted by molar-refractivity contribution is 7.11. The molecule has 0 aliphatic rings. The number of hydrogen-bond donors (Lipinski definition) is 2. The summed E-state index contributed by atoms with van der Waals surface area (Å²) < 4.78 is 0. The van der Waals surface area contributed by atoms with Crippen LogP contribution in [0.4, 0.5) is 0 Å². The quantitative estimate of drug-likeness (QED) is 0.686. The van der Waals surface area contributed by atoms with Gasteiger partial charge in [0.2, 0.25) is 0 Å². The Morgan fingerprint density at radius 1 is 1.38 bits per heavy atom. The van der Waals surface area contributed by atoms with Gasteiger partial charge in [0.25, 0.3) is 0 Å². The van der Waals surface area contributed by atoms with Crippen molar-refractivity contribution in [1.29, 1.82) is 0 Å². The van der Waals surface area contributed by atoms with Gasteiger partial charge < -0.3 is 11.1 Å². The van der Waals surface area contributed by atoms with Gasteiger partial charge in [-0.2, -0.15) is 0 Å². The minimum Gasteiger partial charge on any atom is -0.330 e. The summed E-state index contributed by atoms with van der Waals surface area (Å²) >= 11 is 1.92. The minimum atomic E-state index is 0.662. The summed E-state index contributed by atoms with van der Waals surface area (Å²) in [4.78, 5) is 2.93. The van der Waals surface area contributed by atoms with E-state index in [0.717, 1.165) is 26.1 Å². The van der Waals surface area contributed by atoms with Crippen LogP contribution in [0.15, 0.2) is 12.1 Å². The van der Waals surface area contributed by atoms with Crippen LogP contribution in [-0.4, -0.2) is 13.1 Å². The van der Waals surface area contributed by atoms with Gasteiger partial charge >= 0.3 is 0 Å². The Labute approximate surface area is 103 Å². The third-order valence-electron chi connectivity index (χ3n) is 2.82. The summed E-state index contributed by atoms with van der Waals surface area (Å²) in [6.07, 6.45) is 3.61. The summed E-state index contributed by atoms with van der Waals surface area (Å²) in [5, 5.41) is 3.49. The molecular formula is C13H24N2S. The van der Waals surface area contributed by atoms with Crippen molar-refractivity contribution in [3.05, 3.63) is 21.9 Å². The van der Waals surface area contributed by atoms with Gasteiger partial charge in [-0.25, -0.2) is 0 Å². The lowest BCUT2D eigenvalue weighted by Crippen LogP contribution is -2.17. The predicted molar refractivity (Wildman–Crippen MR) is 72.9 cm³/mol. The van der Waals surface area contributed by atoms with Crippen molar-refractivity contribution in [2.45, 2.75) is 39.7 Å². The molecule has 0 fully saturated rings. The molecule has 0 spiro atoms. The molecule has 1 rings (SSSR count). The topological polar surface area (TPSA) is 38.0 Å². The molecule has 0 saturated carbocycles. The molecule has 3 heteroatoms. The number of nitrogens with two attached hydrogens (primary N) is 1. The van der Waals surface area contributed by atoms with Crippen molar-refractivity contribution < 1.29 is 0 Å². The van der Waals surface area contributed by atoms with E-state index in [1.165, 1.54) is 22.6 Å². The maximum atomic E-state index is 5.58. The van der Waals surface area contributed by atoms with Gasteiger partial charge in [0.1, 0.15) is 0 Å². The highest BCUT2D eigenvalue weighted by atomic mass is 32.1. The molecule has 92 valence electrons. The minimum absolute atomic E-state index is 0.662. The molecule has 1 aromatic rings. The van der Waals surface area contributed by atoms with Gasteiger partial charge in [0.05, 0.1) is 0 Å². The summed E-state index contributed by atoms with van der Waals surface area (Å²) in [5.41, 5.74) is 5.58. The monoisotopic (exact) mass is 240 g/mol. The second kappa shape index (κ2) is 7.82. The lowest BCUT2D eigenvalue weighted by Gasteiger charge is -2.08. The van der Waals surface area contributed by atoms with E-state index in [1.54, 1.807) is 0 Å². The molecule has 16 heavy (non-hydrogen) atoms. The standard InChI is InChI=1S/C13H24N2S/c1-3-12-6-7-13(16-12)10-15-8-4-5-11(2)9-14/h6-7,11,15H,3-5,8-10,14H2,1-2H3. The summed E-state index contributed by atoms with van der Waals surface area (Å²) in [7, 11) is 0. The van der Waals surface area contributed by atoms with Crippen molar-refractivity contribution in [2.75, 3.05) is 13.1 Å². The fourth-order valence-electron chi connectivity index (χ4n) is 1.61. The summed E-state index contributed by atoms with van der Waals surface area (Å²) in [6, 6.07) is 4.47. The zero-order valence-electron chi connectivity index (χ0n) is 10.5. The average Bonchev–Trinajstić information content (AvgIpc) is 2.76. The van der Waals surface area contributed by atoms with Crippen LogP contribution in [-0.2, 0) is 13.0 Å². The number of nitrogens with one attached hydrogen (secondary N) is 1. The first-order chi connectivity index (χ1) is 7.76. The lowest BCUT2D eigenvalue weighted by atomic mass is 10.1. The second-order valence-electron chi connectivity index (χ2n) is 4.38. The van der Waals surface area contributed by atoms with E-state index in [1.807, 2.05) is 11.3 Å². The summed E-state index contributed by atoms with van der Waals surface area (Å²) in [6.45, 7) is 7.35. The van der Waals surface area contributed by atoms with E-state index < -0.39 is 0 Å². The van der Waals surface area contributed by atoms with Gasteiger partial charge in [-0.05, 0) is 50.4 Å². The van der Waals surface area contributed by atoms with Gasteiger partial charge in [0, 0.05) is 16.3 Å². The zero-order chi connectivity index (χ0) is 11.8. The van der Waals surface area contributed by atoms with Crippen LogP contribution < -0.4 is 11.1 Å². The van der Waals surface area contributed by atoms with Gasteiger partial charge in [-0.15, -0.1) is 11.3 Å². The van der Waals surface area contributed by atoms with E-state index in [-0.39, 0.29) is 0 Å². The number of hydrogen-bond acceptors (Lipinski definition) is 3. The Morgan fingerprint density at radius 2 is 2.12 bits per heavy atom. The molecule has 0 aliphatic carbocycles. The van der Waals surface area contributed by atoms with Crippen LogP contribution in [0.2, 0.25) is 0 Å². The van der Waals surface area contributed by atoms with Gasteiger partial charge in [-0.3, -0.25) is 0 Å². The normalized spacial score (nSPS) is 12.9. The first-order valence-corrected chi connectivity index (χ1v) is 7.06. The lowest BCUT2D eigenvalue weighted by molar-refractivity contribution is 0.502. The predicted octanol–water partition coefficient (Wildman–Crippen LogP) is 2.78. The van der Waals surface area contributed by atoms with Gasteiger partial charge in [0.15, 0.2) is 0 Å². The number of aryl methyl sites for hydroxylation is 1. The second-order valence-corrected chi connectivity index (χ2v) is 5.63. The molecule has 2 nitrogen and oxygen atoms in total. The largest absolute Gasteiger partial charge is 0.330 e. The van der Waals surface area contributed by atoms with Crippen LogP contribution in [0.3, 0.4) is 0 Å². The maximum absolute atomic E-state index is 5.58. The van der Waals surface area contributed by atoms with Crippen molar-refractivity contribution in [3.8, 4) is 0 Å². The highest BCUT2D eigenvalue weighted by Crippen LogP contribution is 2.16. The highest BCUT2D eigenvalue weighted by Gasteiger charge is 2.00. The molecule has 3 N–H and O–H groups in total.